The van der Waals surface area contributed by atoms with Crippen LogP contribution in [0.4, 0.5) is 0 Å². The fraction of sp³-hybridized carbons (Fsp3) is 0.316. The molecule has 0 aromatic heterocycles. The van der Waals surface area contributed by atoms with Gasteiger partial charge in [0.1, 0.15) is 0 Å². The molecule has 0 fully saturated rings. The van der Waals surface area contributed by atoms with Crippen molar-refractivity contribution in [2.75, 3.05) is 18.8 Å². The first kappa shape index (κ1) is 20.1. The van der Waals surface area contributed by atoms with E-state index in [9.17, 15) is 13.2 Å². The Morgan fingerprint density at radius 1 is 1.11 bits per heavy atom. The van der Waals surface area contributed by atoms with Crippen LogP contribution in [0.25, 0.3) is 0 Å². The van der Waals surface area contributed by atoms with Crippen molar-refractivity contribution in [3.8, 4) is 0 Å². The van der Waals surface area contributed by atoms with Gasteiger partial charge in [0.25, 0.3) is 5.91 Å². The van der Waals surface area contributed by atoms with Crippen molar-refractivity contribution in [2.45, 2.75) is 19.4 Å². The number of nitrogens with zero attached hydrogens (tertiary/aromatic N) is 1. The van der Waals surface area contributed by atoms with Gasteiger partial charge in [-0.05, 0) is 42.2 Å². The number of amides is 1. The molecular formula is C19H20Cl2N2O3S. The molecule has 1 aliphatic heterocycles. The summed E-state index contributed by atoms with van der Waals surface area (Å²) in [5.74, 6) is -0.356. The third-order valence-corrected chi connectivity index (χ3v) is 6.98. The fourth-order valence-corrected chi connectivity index (χ4v) is 5.03. The lowest BCUT2D eigenvalue weighted by Gasteiger charge is -2.28. The van der Waals surface area contributed by atoms with Gasteiger partial charge in [0.15, 0.2) is 0 Å². The van der Waals surface area contributed by atoms with Gasteiger partial charge in [-0.2, -0.15) is 4.31 Å². The summed E-state index contributed by atoms with van der Waals surface area (Å²) in [6.45, 7) is 1.15. The van der Waals surface area contributed by atoms with Gasteiger partial charge in [-0.1, -0.05) is 47.5 Å². The van der Waals surface area contributed by atoms with E-state index < -0.39 is 10.0 Å². The predicted octanol–water partition coefficient (Wildman–Crippen LogP) is 3.50. The molecule has 3 rings (SSSR count). The van der Waals surface area contributed by atoms with Crippen molar-refractivity contribution in [1.29, 1.82) is 0 Å². The average molecular weight is 427 g/mol. The highest BCUT2D eigenvalue weighted by molar-refractivity contribution is 7.89. The first-order chi connectivity index (χ1) is 12.9. The van der Waals surface area contributed by atoms with Gasteiger partial charge in [-0.25, -0.2) is 8.42 Å². The summed E-state index contributed by atoms with van der Waals surface area (Å²) in [4.78, 5) is 12.1. The Labute approximate surface area is 169 Å². The first-order valence-corrected chi connectivity index (χ1v) is 11.0. The van der Waals surface area contributed by atoms with Crippen molar-refractivity contribution in [3.63, 3.8) is 0 Å². The molecule has 0 aliphatic carbocycles. The van der Waals surface area contributed by atoms with Crippen molar-refractivity contribution in [2.24, 2.45) is 0 Å². The fourth-order valence-electron chi connectivity index (χ4n) is 3.06. The molecule has 2 aromatic carbocycles. The molecule has 0 saturated heterocycles. The lowest BCUT2D eigenvalue weighted by atomic mass is 10.0. The quantitative estimate of drug-likeness (QED) is 0.718. The number of nitrogens with one attached hydrogen (secondary N) is 1. The molecule has 1 amide bonds. The normalized spacial score (nSPS) is 14.6. The van der Waals surface area contributed by atoms with Crippen LogP contribution in [-0.2, 0) is 23.0 Å². The highest BCUT2D eigenvalue weighted by Gasteiger charge is 2.26. The SMILES string of the molecule is O=C(NCCCS(=O)(=O)N1CCc2ccccc2C1)c1ccc(Cl)cc1Cl. The summed E-state index contributed by atoms with van der Waals surface area (Å²) < 4.78 is 26.7. The van der Waals surface area contributed by atoms with Gasteiger partial charge >= 0.3 is 0 Å². The molecule has 0 atom stereocenters. The van der Waals surface area contributed by atoms with Crippen LogP contribution < -0.4 is 5.32 Å². The second-order valence-electron chi connectivity index (χ2n) is 6.40. The minimum absolute atomic E-state index is 0.0101. The van der Waals surface area contributed by atoms with Crippen LogP contribution in [0, 0.1) is 0 Å². The molecule has 0 spiro atoms. The molecule has 1 N–H and O–H groups in total. The molecule has 2 aromatic rings. The summed E-state index contributed by atoms with van der Waals surface area (Å²) in [5.41, 5.74) is 2.57. The summed E-state index contributed by atoms with van der Waals surface area (Å²) in [7, 11) is -3.36. The zero-order valence-corrected chi connectivity index (χ0v) is 16.9. The van der Waals surface area contributed by atoms with E-state index in [1.54, 1.807) is 12.1 Å². The Kier molecular flexibility index (Phi) is 6.42. The van der Waals surface area contributed by atoms with Gasteiger partial charge in [0, 0.05) is 24.7 Å². The van der Waals surface area contributed by atoms with Crippen LogP contribution in [0.5, 0.6) is 0 Å². The Balaban J connectivity index is 1.50. The van der Waals surface area contributed by atoms with Gasteiger partial charge in [0.05, 0.1) is 16.3 Å². The van der Waals surface area contributed by atoms with E-state index in [1.165, 1.54) is 15.9 Å². The van der Waals surface area contributed by atoms with Crippen molar-refractivity contribution in [3.05, 3.63) is 69.2 Å². The van der Waals surface area contributed by atoms with E-state index >= 15 is 0 Å². The standard InChI is InChI=1S/C19H20Cl2N2O3S/c20-16-6-7-17(18(21)12-16)19(24)22-9-3-11-27(25,26)23-10-8-14-4-1-2-5-15(14)13-23/h1-2,4-7,12H,3,8-11,13H2,(H,22,24). The third kappa shape index (κ3) is 5.02. The van der Waals surface area contributed by atoms with Gasteiger partial charge in [-0.15, -0.1) is 0 Å². The minimum Gasteiger partial charge on any atom is -0.352 e. The number of benzene rings is 2. The maximum absolute atomic E-state index is 12.6. The smallest absolute Gasteiger partial charge is 0.252 e. The number of hydrogen-bond acceptors (Lipinski definition) is 3. The van der Waals surface area contributed by atoms with Crippen molar-refractivity contribution >= 4 is 39.1 Å². The van der Waals surface area contributed by atoms with E-state index in [0.29, 0.717) is 30.1 Å². The second kappa shape index (κ2) is 8.61. The highest BCUT2D eigenvalue weighted by Crippen LogP contribution is 2.22. The van der Waals surface area contributed by atoms with Crippen LogP contribution in [0.1, 0.15) is 27.9 Å². The zero-order valence-electron chi connectivity index (χ0n) is 14.6. The Bertz CT molecular complexity index is 948. The van der Waals surface area contributed by atoms with Gasteiger partial charge in [0.2, 0.25) is 10.0 Å². The maximum atomic E-state index is 12.6. The summed E-state index contributed by atoms with van der Waals surface area (Å²) >= 11 is 11.8. The molecule has 8 heteroatoms. The molecule has 27 heavy (non-hydrogen) atoms. The molecule has 1 heterocycles. The van der Waals surface area contributed by atoms with E-state index in [2.05, 4.69) is 5.32 Å². The molecule has 1 aliphatic rings. The number of rotatable bonds is 6. The van der Waals surface area contributed by atoms with E-state index in [1.807, 2.05) is 24.3 Å². The number of hydrogen-bond donors (Lipinski definition) is 1. The van der Waals surface area contributed by atoms with Gasteiger partial charge in [-0.3, -0.25) is 4.79 Å². The van der Waals surface area contributed by atoms with E-state index in [4.69, 9.17) is 23.2 Å². The zero-order chi connectivity index (χ0) is 19.4. The Morgan fingerprint density at radius 3 is 2.59 bits per heavy atom. The molecule has 0 bridgehead atoms. The van der Waals surface area contributed by atoms with E-state index in [-0.39, 0.29) is 23.2 Å². The molecule has 0 unspecified atom stereocenters. The van der Waals surface area contributed by atoms with Crippen molar-refractivity contribution < 1.29 is 13.2 Å². The minimum atomic E-state index is -3.36. The molecule has 5 nitrogen and oxygen atoms in total. The monoisotopic (exact) mass is 426 g/mol. The van der Waals surface area contributed by atoms with Crippen molar-refractivity contribution in [1.82, 2.24) is 9.62 Å². The largest absolute Gasteiger partial charge is 0.352 e. The van der Waals surface area contributed by atoms with Gasteiger partial charge < -0.3 is 5.32 Å². The number of sulfonamides is 1. The summed E-state index contributed by atoms with van der Waals surface area (Å²) in [5, 5.41) is 3.41. The first-order valence-electron chi connectivity index (χ1n) is 8.65. The van der Waals surface area contributed by atoms with Crippen LogP contribution in [0.2, 0.25) is 10.0 Å². The van der Waals surface area contributed by atoms with E-state index in [0.717, 1.165) is 12.0 Å². The number of carbonyl (C=O) groups excluding carboxylic acids is 1. The lowest BCUT2D eigenvalue weighted by molar-refractivity contribution is 0.0954. The lowest BCUT2D eigenvalue weighted by Crippen LogP contribution is -2.38. The van der Waals surface area contributed by atoms with Crippen LogP contribution in [-0.4, -0.2) is 37.5 Å². The maximum Gasteiger partial charge on any atom is 0.252 e. The summed E-state index contributed by atoms with van der Waals surface area (Å²) in [6.07, 6.45) is 1.05. The topological polar surface area (TPSA) is 66.5 Å². The number of halogens is 2. The molecule has 0 saturated carbocycles. The van der Waals surface area contributed by atoms with Crippen LogP contribution >= 0.6 is 23.2 Å². The number of fused-ring (bicyclic) bond motifs is 1. The number of carbonyl (C=O) groups is 1. The molecule has 144 valence electrons. The Hall–Kier alpha value is -1.60. The molecule has 0 radical (unpaired) electrons. The highest BCUT2D eigenvalue weighted by atomic mass is 35.5. The van der Waals surface area contributed by atoms with Crippen LogP contribution in [0.15, 0.2) is 42.5 Å². The average Bonchev–Trinajstić information content (AvgIpc) is 2.64. The predicted molar refractivity (Wildman–Crippen MR) is 108 cm³/mol. The van der Waals surface area contributed by atoms with Crippen LogP contribution in [0.3, 0.4) is 0 Å². The Morgan fingerprint density at radius 2 is 1.85 bits per heavy atom. The third-order valence-electron chi connectivity index (χ3n) is 4.53. The second-order valence-corrected chi connectivity index (χ2v) is 9.33. The molecular weight excluding hydrogens is 407 g/mol. The summed E-state index contributed by atoms with van der Waals surface area (Å²) in [6, 6.07) is 12.5.